The number of nitrogens with two attached hydrogens (primary N) is 1. The average Bonchev–Trinajstić information content (AvgIpc) is 2.73. The molecule has 2 aromatic carbocycles. The molecule has 0 spiro atoms. The number of methoxy groups -OCH3 is 1. The Morgan fingerprint density at radius 3 is 2.50 bits per heavy atom. The van der Waals surface area contributed by atoms with Gasteiger partial charge in [-0.25, -0.2) is 4.99 Å². The van der Waals surface area contributed by atoms with Crippen LogP contribution in [0.2, 0.25) is 5.02 Å². The van der Waals surface area contributed by atoms with Gasteiger partial charge in [0.25, 0.3) is 0 Å². The standard InChI is InChI=1S/C20H24ClN5O2/c1-28-18-5-3-2-4-17(18)24-20(22)23-14-19(27)26-12-10-25(11-13-26)16-8-6-15(21)7-9-16/h2-9H,10-14H2,1H3,(H3,22,23,24). The van der Waals surface area contributed by atoms with E-state index in [4.69, 9.17) is 22.1 Å². The molecule has 1 aliphatic heterocycles. The zero-order valence-electron chi connectivity index (χ0n) is 15.8. The first-order valence-electron chi connectivity index (χ1n) is 9.05. The monoisotopic (exact) mass is 401 g/mol. The summed E-state index contributed by atoms with van der Waals surface area (Å²) in [6.45, 7) is 2.85. The lowest BCUT2D eigenvalue weighted by Crippen LogP contribution is -2.49. The average molecular weight is 402 g/mol. The highest BCUT2D eigenvalue weighted by Crippen LogP contribution is 2.22. The number of halogens is 1. The molecular formula is C20H24ClN5O2. The molecule has 1 aliphatic rings. The largest absolute Gasteiger partial charge is 0.495 e. The SMILES string of the molecule is COc1ccccc1NC(N)=NCC(=O)N1CCN(c2ccc(Cl)cc2)CC1. The van der Waals surface area contributed by atoms with E-state index in [2.05, 4.69) is 15.2 Å². The van der Waals surface area contributed by atoms with Gasteiger partial charge < -0.3 is 25.6 Å². The van der Waals surface area contributed by atoms with Crippen molar-refractivity contribution in [3.8, 4) is 5.75 Å². The normalized spacial score (nSPS) is 14.7. The molecule has 3 rings (SSSR count). The van der Waals surface area contributed by atoms with E-state index in [-0.39, 0.29) is 18.4 Å². The number of hydrogen-bond acceptors (Lipinski definition) is 4. The van der Waals surface area contributed by atoms with Crippen molar-refractivity contribution in [3.05, 3.63) is 53.6 Å². The minimum absolute atomic E-state index is 0.00886. The van der Waals surface area contributed by atoms with Gasteiger partial charge in [0.2, 0.25) is 5.91 Å². The molecule has 1 fully saturated rings. The number of piperazine rings is 1. The molecule has 8 heteroatoms. The Hall–Kier alpha value is -2.93. The minimum atomic E-state index is -0.0412. The van der Waals surface area contributed by atoms with Crippen molar-refractivity contribution in [2.24, 2.45) is 10.7 Å². The maximum absolute atomic E-state index is 12.4. The first kappa shape index (κ1) is 19.8. The molecular weight excluding hydrogens is 378 g/mol. The van der Waals surface area contributed by atoms with Gasteiger partial charge in [0, 0.05) is 36.9 Å². The summed E-state index contributed by atoms with van der Waals surface area (Å²) in [6, 6.07) is 15.1. The summed E-state index contributed by atoms with van der Waals surface area (Å²) in [7, 11) is 1.58. The number of guanidine groups is 1. The number of rotatable bonds is 5. The zero-order valence-corrected chi connectivity index (χ0v) is 16.5. The Balaban J connectivity index is 1.50. The Morgan fingerprint density at radius 1 is 1.14 bits per heavy atom. The lowest BCUT2D eigenvalue weighted by atomic mass is 10.2. The summed E-state index contributed by atoms with van der Waals surface area (Å²) in [5.74, 6) is 0.795. The molecule has 0 saturated carbocycles. The molecule has 0 bridgehead atoms. The van der Waals surface area contributed by atoms with Crippen LogP contribution in [0.25, 0.3) is 0 Å². The van der Waals surface area contributed by atoms with Crippen molar-refractivity contribution in [3.63, 3.8) is 0 Å². The van der Waals surface area contributed by atoms with Crippen LogP contribution in [0, 0.1) is 0 Å². The quantitative estimate of drug-likeness (QED) is 0.594. The Kier molecular flexibility index (Phi) is 6.60. The van der Waals surface area contributed by atoms with Gasteiger partial charge in [0.1, 0.15) is 12.3 Å². The highest BCUT2D eigenvalue weighted by atomic mass is 35.5. The van der Waals surface area contributed by atoms with Crippen molar-refractivity contribution in [2.75, 3.05) is 50.1 Å². The third kappa shape index (κ3) is 5.07. The first-order valence-corrected chi connectivity index (χ1v) is 9.43. The zero-order chi connectivity index (χ0) is 19.9. The number of anilines is 2. The minimum Gasteiger partial charge on any atom is -0.495 e. The molecule has 28 heavy (non-hydrogen) atoms. The predicted octanol–water partition coefficient (Wildman–Crippen LogP) is 2.42. The molecule has 148 valence electrons. The van der Waals surface area contributed by atoms with E-state index in [0.29, 0.717) is 24.5 Å². The van der Waals surface area contributed by atoms with Crippen molar-refractivity contribution in [1.29, 1.82) is 0 Å². The number of amides is 1. The number of ether oxygens (including phenoxy) is 1. The number of hydrogen-bond donors (Lipinski definition) is 2. The second kappa shape index (κ2) is 9.32. The van der Waals surface area contributed by atoms with Gasteiger partial charge >= 0.3 is 0 Å². The highest BCUT2D eigenvalue weighted by Gasteiger charge is 2.21. The van der Waals surface area contributed by atoms with E-state index in [1.165, 1.54) is 0 Å². The van der Waals surface area contributed by atoms with Crippen molar-refractivity contribution in [1.82, 2.24) is 4.90 Å². The number of benzene rings is 2. The number of nitrogens with zero attached hydrogens (tertiary/aromatic N) is 3. The lowest BCUT2D eigenvalue weighted by Gasteiger charge is -2.36. The molecule has 1 saturated heterocycles. The van der Waals surface area contributed by atoms with E-state index in [0.717, 1.165) is 23.8 Å². The maximum atomic E-state index is 12.4. The fraction of sp³-hybridized carbons (Fsp3) is 0.300. The fourth-order valence-electron chi connectivity index (χ4n) is 3.04. The maximum Gasteiger partial charge on any atom is 0.244 e. The van der Waals surface area contributed by atoms with Gasteiger partial charge in [0.05, 0.1) is 12.8 Å². The van der Waals surface area contributed by atoms with E-state index < -0.39 is 0 Å². The topological polar surface area (TPSA) is 83.2 Å². The Morgan fingerprint density at radius 2 is 1.82 bits per heavy atom. The smallest absolute Gasteiger partial charge is 0.244 e. The van der Waals surface area contributed by atoms with Gasteiger partial charge in [-0.2, -0.15) is 0 Å². The molecule has 0 aliphatic carbocycles. The number of carbonyl (C=O) groups is 1. The van der Waals surface area contributed by atoms with E-state index in [9.17, 15) is 4.79 Å². The molecule has 1 heterocycles. The predicted molar refractivity (Wildman–Crippen MR) is 113 cm³/mol. The molecule has 2 aromatic rings. The second-order valence-corrected chi connectivity index (χ2v) is 6.81. The summed E-state index contributed by atoms with van der Waals surface area (Å²) in [5.41, 5.74) is 7.73. The number of carbonyl (C=O) groups excluding carboxylic acids is 1. The van der Waals surface area contributed by atoms with Crippen LogP contribution >= 0.6 is 11.6 Å². The van der Waals surface area contributed by atoms with Crippen LogP contribution in [0.5, 0.6) is 5.75 Å². The molecule has 0 atom stereocenters. The summed E-state index contributed by atoms with van der Waals surface area (Å²) < 4.78 is 5.26. The molecule has 0 aromatic heterocycles. The van der Waals surface area contributed by atoms with E-state index >= 15 is 0 Å². The molecule has 0 unspecified atom stereocenters. The third-order valence-corrected chi connectivity index (χ3v) is 4.83. The number of para-hydroxylation sites is 2. The Labute approximate surface area is 169 Å². The molecule has 7 nitrogen and oxygen atoms in total. The summed E-state index contributed by atoms with van der Waals surface area (Å²) in [6.07, 6.45) is 0. The van der Waals surface area contributed by atoms with Gasteiger partial charge in [-0.3, -0.25) is 4.79 Å². The van der Waals surface area contributed by atoms with Gasteiger partial charge in [-0.15, -0.1) is 0 Å². The lowest BCUT2D eigenvalue weighted by molar-refractivity contribution is -0.129. The van der Waals surface area contributed by atoms with Crippen LogP contribution in [0.3, 0.4) is 0 Å². The summed E-state index contributed by atoms with van der Waals surface area (Å²) in [4.78, 5) is 20.7. The van der Waals surface area contributed by atoms with E-state index in [1.54, 1.807) is 7.11 Å². The molecule has 3 N–H and O–H groups in total. The van der Waals surface area contributed by atoms with Gasteiger partial charge in [0.15, 0.2) is 5.96 Å². The van der Waals surface area contributed by atoms with Gasteiger partial charge in [-0.1, -0.05) is 23.7 Å². The van der Waals surface area contributed by atoms with Crippen LogP contribution in [0.15, 0.2) is 53.5 Å². The van der Waals surface area contributed by atoms with Crippen LogP contribution in [0.1, 0.15) is 0 Å². The summed E-state index contributed by atoms with van der Waals surface area (Å²) >= 11 is 5.94. The van der Waals surface area contributed by atoms with Gasteiger partial charge in [-0.05, 0) is 36.4 Å². The van der Waals surface area contributed by atoms with Crippen LogP contribution in [-0.4, -0.2) is 56.6 Å². The van der Waals surface area contributed by atoms with Crippen molar-refractivity contribution in [2.45, 2.75) is 0 Å². The Bertz CT molecular complexity index is 833. The number of aliphatic imine (C=N–C) groups is 1. The molecule has 1 amide bonds. The second-order valence-electron chi connectivity index (χ2n) is 6.37. The van der Waals surface area contributed by atoms with Crippen LogP contribution < -0.4 is 20.7 Å². The third-order valence-electron chi connectivity index (χ3n) is 4.58. The highest BCUT2D eigenvalue weighted by molar-refractivity contribution is 6.30. The first-order chi connectivity index (χ1) is 13.6. The molecule has 0 radical (unpaired) electrons. The summed E-state index contributed by atoms with van der Waals surface area (Å²) in [5, 5.41) is 3.68. The van der Waals surface area contributed by atoms with Crippen LogP contribution in [-0.2, 0) is 4.79 Å². The fourth-order valence-corrected chi connectivity index (χ4v) is 3.17. The van der Waals surface area contributed by atoms with Crippen molar-refractivity contribution < 1.29 is 9.53 Å². The number of nitrogens with one attached hydrogen (secondary N) is 1. The van der Waals surface area contributed by atoms with Crippen LogP contribution in [0.4, 0.5) is 11.4 Å². The van der Waals surface area contributed by atoms with E-state index in [1.807, 2.05) is 53.4 Å². The van der Waals surface area contributed by atoms with Crippen molar-refractivity contribution >= 4 is 34.8 Å².